The van der Waals surface area contributed by atoms with Gasteiger partial charge in [-0.3, -0.25) is 0 Å². The summed E-state index contributed by atoms with van der Waals surface area (Å²) in [5.74, 6) is 0.971. The lowest BCUT2D eigenvalue weighted by molar-refractivity contribution is 0.669. The average Bonchev–Trinajstić information content (AvgIpc) is 3.73. The smallest absolute Gasteiger partial charge is 0.135 e. The van der Waals surface area contributed by atoms with Gasteiger partial charge in [-0.2, -0.15) is 0 Å². The number of hydrogen-bond donors (Lipinski definition) is 0. The van der Waals surface area contributed by atoms with Crippen molar-refractivity contribution in [3.05, 3.63) is 174 Å². The minimum atomic E-state index is 0.456. The van der Waals surface area contributed by atoms with Crippen molar-refractivity contribution < 1.29 is 4.42 Å². The van der Waals surface area contributed by atoms with E-state index in [0.717, 1.165) is 53.3 Å². The Morgan fingerprint density at radius 3 is 2.19 bits per heavy atom. The summed E-state index contributed by atoms with van der Waals surface area (Å²) < 4.78 is 8.87. The van der Waals surface area contributed by atoms with Crippen LogP contribution in [0.3, 0.4) is 0 Å². The molecule has 0 fully saturated rings. The standard InChI is InChI=1S/C50H41NO/c1-32-11-6-7-16-41(32)39-21-24-48-44(30-39)42-17-8-9-18-47(42)51(48)40-23-26-50-46(31-40)45-29-37(22-25-49(45)52-50)36-20-19-33(2)43(28-36)38-15-10-14-35(27-38)34-12-4-3-5-13-34/h4,6-10,12-18,20-33H,3,5,11,19H2,1-2H3. The van der Waals surface area contributed by atoms with Gasteiger partial charge in [0, 0.05) is 27.2 Å². The van der Waals surface area contributed by atoms with Gasteiger partial charge in [-0.05, 0) is 137 Å². The Morgan fingerprint density at radius 1 is 0.558 bits per heavy atom. The molecule has 7 aromatic rings. The lowest BCUT2D eigenvalue weighted by Crippen LogP contribution is -2.03. The van der Waals surface area contributed by atoms with Gasteiger partial charge in [0.15, 0.2) is 0 Å². The Bertz CT molecular complexity index is 2770. The molecule has 3 aliphatic carbocycles. The maximum Gasteiger partial charge on any atom is 0.135 e. The molecule has 52 heavy (non-hydrogen) atoms. The summed E-state index contributed by atoms with van der Waals surface area (Å²) in [7, 11) is 0. The van der Waals surface area contributed by atoms with Gasteiger partial charge in [0.25, 0.3) is 0 Å². The van der Waals surface area contributed by atoms with E-state index in [1.807, 2.05) is 0 Å². The fourth-order valence-electron chi connectivity index (χ4n) is 8.72. The molecule has 0 amide bonds. The predicted molar refractivity (Wildman–Crippen MR) is 221 cm³/mol. The van der Waals surface area contributed by atoms with E-state index >= 15 is 0 Å². The third-order valence-corrected chi connectivity index (χ3v) is 11.5. The fourth-order valence-corrected chi connectivity index (χ4v) is 8.72. The van der Waals surface area contributed by atoms with E-state index in [1.165, 1.54) is 66.4 Å². The summed E-state index contributed by atoms with van der Waals surface area (Å²) in [6.07, 6.45) is 22.9. The molecule has 2 heterocycles. The molecule has 3 aliphatic rings. The largest absolute Gasteiger partial charge is 0.456 e. The van der Waals surface area contributed by atoms with E-state index in [1.54, 1.807) is 0 Å². The Morgan fingerprint density at radius 2 is 1.31 bits per heavy atom. The zero-order valence-electron chi connectivity index (χ0n) is 29.8. The molecule has 252 valence electrons. The third-order valence-electron chi connectivity index (χ3n) is 11.5. The minimum absolute atomic E-state index is 0.456. The van der Waals surface area contributed by atoms with E-state index in [9.17, 15) is 0 Å². The Labute approximate surface area is 305 Å². The maximum atomic E-state index is 6.45. The minimum Gasteiger partial charge on any atom is -0.456 e. The zero-order chi connectivity index (χ0) is 34.8. The van der Waals surface area contributed by atoms with Crippen LogP contribution in [0.5, 0.6) is 0 Å². The van der Waals surface area contributed by atoms with Crippen LogP contribution in [-0.4, -0.2) is 4.57 Å². The van der Waals surface area contributed by atoms with Crippen LogP contribution >= 0.6 is 0 Å². The van der Waals surface area contributed by atoms with Crippen LogP contribution in [-0.2, 0) is 0 Å². The molecule has 0 saturated carbocycles. The average molecular weight is 672 g/mol. The quantitative estimate of drug-likeness (QED) is 0.178. The highest BCUT2D eigenvalue weighted by Gasteiger charge is 2.20. The van der Waals surface area contributed by atoms with Crippen molar-refractivity contribution in [3.63, 3.8) is 0 Å². The zero-order valence-corrected chi connectivity index (χ0v) is 29.8. The van der Waals surface area contributed by atoms with Crippen molar-refractivity contribution in [2.75, 3.05) is 0 Å². The van der Waals surface area contributed by atoms with E-state index in [0.29, 0.717) is 11.8 Å². The number of furan rings is 1. The van der Waals surface area contributed by atoms with Gasteiger partial charge in [0.1, 0.15) is 11.2 Å². The number of allylic oxidation sites excluding steroid dienone is 12. The van der Waals surface area contributed by atoms with Crippen LogP contribution in [0.25, 0.3) is 71.7 Å². The highest BCUT2D eigenvalue weighted by molar-refractivity contribution is 6.11. The number of nitrogens with zero attached hydrogens (tertiary/aromatic N) is 1. The molecule has 0 radical (unpaired) electrons. The SMILES string of the molecule is CC1CC=C(c2ccc3oc4ccc(-n5c6ccccc6c6cc(C7=CC=CCC7C)ccc65)cc4c3c2)C=C1c1cccc(C2=CCCC=C2)c1. The van der Waals surface area contributed by atoms with Gasteiger partial charge >= 0.3 is 0 Å². The summed E-state index contributed by atoms with van der Waals surface area (Å²) in [4.78, 5) is 0. The number of para-hydroxylation sites is 1. The van der Waals surface area contributed by atoms with Gasteiger partial charge in [-0.15, -0.1) is 0 Å². The van der Waals surface area contributed by atoms with Crippen molar-refractivity contribution in [2.24, 2.45) is 11.8 Å². The normalized spacial score (nSPS) is 19.0. The number of aromatic nitrogens is 1. The topological polar surface area (TPSA) is 18.1 Å². The van der Waals surface area contributed by atoms with Gasteiger partial charge < -0.3 is 8.98 Å². The van der Waals surface area contributed by atoms with Crippen molar-refractivity contribution >= 4 is 66.0 Å². The number of hydrogen-bond acceptors (Lipinski definition) is 1. The van der Waals surface area contributed by atoms with Gasteiger partial charge in [0.2, 0.25) is 0 Å². The van der Waals surface area contributed by atoms with E-state index in [2.05, 4.69) is 170 Å². The predicted octanol–water partition coefficient (Wildman–Crippen LogP) is 13.9. The molecule has 2 aromatic heterocycles. The van der Waals surface area contributed by atoms with Crippen molar-refractivity contribution in [2.45, 2.75) is 39.5 Å². The highest BCUT2D eigenvalue weighted by Crippen LogP contribution is 2.41. The summed E-state index contributed by atoms with van der Waals surface area (Å²) in [6.45, 7) is 4.67. The van der Waals surface area contributed by atoms with E-state index in [-0.39, 0.29) is 0 Å². The maximum absolute atomic E-state index is 6.45. The highest BCUT2D eigenvalue weighted by atomic mass is 16.3. The Hall–Kier alpha value is -5.86. The first-order valence-electron chi connectivity index (χ1n) is 18.9. The Balaban J connectivity index is 1.06. The van der Waals surface area contributed by atoms with Crippen molar-refractivity contribution in [1.29, 1.82) is 0 Å². The van der Waals surface area contributed by atoms with Gasteiger partial charge in [-0.25, -0.2) is 0 Å². The molecular formula is C50H41NO. The van der Waals surface area contributed by atoms with Crippen LogP contribution in [0, 0.1) is 11.8 Å². The molecule has 2 atom stereocenters. The van der Waals surface area contributed by atoms with Crippen molar-refractivity contribution in [1.82, 2.24) is 4.57 Å². The molecule has 2 heteroatoms. The summed E-state index contributed by atoms with van der Waals surface area (Å²) in [5, 5.41) is 4.85. The molecule has 2 unspecified atom stereocenters. The van der Waals surface area contributed by atoms with Crippen LogP contribution in [0.15, 0.2) is 156 Å². The Kier molecular flexibility index (Phi) is 7.39. The molecule has 0 saturated heterocycles. The second-order valence-electron chi connectivity index (χ2n) is 14.9. The number of fused-ring (bicyclic) bond motifs is 6. The molecule has 5 aromatic carbocycles. The van der Waals surface area contributed by atoms with Gasteiger partial charge in [0.05, 0.1) is 11.0 Å². The first-order chi connectivity index (χ1) is 25.6. The number of rotatable bonds is 5. The first kappa shape index (κ1) is 30.9. The molecule has 2 nitrogen and oxygen atoms in total. The number of benzene rings is 5. The van der Waals surface area contributed by atoms with Crippen molar-refractivity contribution in [3.8, 4) is 5.69 Å². The first-order valence-corrected chi connectivity index (χ1v) is 18.9. The van der Waals surface area contributed by atoms with E-state index < -0.39 is 0 Å². The second-order valence-corrected chi connectivity index (χ2v) is 14.9. The van der Waals surface area contributed by atoms with E-state index in [4.69, 9.17) is 4.42 Å². The summed E-state index contributed by atoms with van der Waals surface area (Å²) >= 11 is 0. The summed E-state index contributed by atoms with van der Waals surface area (Å²) in [6, 6.07) is 38.3. The lowest BCUT2D eigenvalue weighted by Gasteiger charge is -2.22. The van der Waals surface area contributed by atoms with Gasteiger partial charge in [-0.1, -0.05) is 111 Å². The molecule has 0 N–H and O–H groups in total. The third kappa shape index (κ3) is 5.16. The lowest BCUT2D eigenvalue weighted by atomic mass is 9.83. The monoisotopic (exact) mass is 671 g/mol. The molecular weight excluding hydrogens is 631 g/mol. The summed E-state index contributed by atoms with van der Waals surface area (Å²) in [5.41, 5.74) is 16.0. The van der Waals surface area contributed by atoms with Crippen LogP contribution in [0.2, 0.25) is 0 Å². The molecule has 10 rings (SSSR count). The molecule has 0 bridgehead atoms. The van der Waals surface area contributed by atoms with Crippen LogP contribution < -0.4 is 0 Å². The molecule has 0 aliphatic heterocycles. The van der Waals surface area contributed by atoms with Crippen LogP contribution in [0.4, 0.5) is 0 Å². The van der Waals surface area contributed by atoms with Crippen LogP contribution in [0.1, 0.15) is 61.8 Å². The second kappa shape index (κ2) is 12.4. The molecule has 0 spiro atoms. The fraction of sp³-hybridized carbons (Fsp3) is 0.160.